The summed E-state index contributed by atoms with van der Waals surface area (Å²) in [4.78, 5) is 0. The number of nitrogens with one attached hydrogen (secondary N) is 1. The molecule has 1 rings (SSSR count). The van der Waals surface area contributed by atoms with Crippen LogP contribution < -0.4 is 4.72 Å². The van der Waals surface area contributed by atoms with Crippen molar-refractivity contribution in [2.75, 3.05) is 12.4 Å². The number of hydrogen-bond acceptors (Lipinski definition) is 4. The Bertz CT molecular complexity index is 413. The largest absolute Gasteiger partial charge is 0.396 e. The average molecular weight is 247 g/mol. The first-order chi connectivity index (χ1) is 7.55. The molecule has 7 heteroatoms. The fourth-order valence-corrected chi connectivity index (χ4v) is 2.33. The van der Waals surface area contributed by atoms with Gasteiger partial charge in [-0.25, -0.2) is 13.1 Å². The van der Waals surface area contributed by atoms with Crippen LogP contribution in [-0.2, 0) is 23.6 Å². The SMILES string of the molecule is Cn1nccc1CNS(=O)(=O)CCCCO. The van der Waals surface area contributed by atoms with E-state index in [9.17, 15) is 8.42 Å². The van der Waals surface area contributed by atoms with Gasteiger partial charge in [-0.15, -0.1) is 0 Å². The number of sulfonamides is 1. The summed E-state index contributed by atoms with van der Waals surface area (Å²) in [5.41, 5.74) is 0.811. The van der Waals surface area contributed by atoms with E-state index in [1.807, 2.05) is 0 Å². The standard InChI is InChI=1S/C9H17N3O3S/c1-12-9(4-5-10-12)8-11-16(14,15)7-3-2-6-13/h4-5,11,13H,2-3,6-8H2,1H3. The first kappa shape index (κ1) is 13.1. The molecule has 0 fully saturated rings. The summed E-state index contributed by atoms with van der Waals surface area (Å²) in [6, 6.07) is 1.76. The van der Waals surface area contributed by atoms with Gasteiger partial charge in [0.05, 0.1) is 18.0 Å². The van der Waals surface area contributed by atoms with Crippen LogP contribution in [0.4, 0.5) is 0 Å². The van der Waals surface area contributed by atoms with E-state index in [0.29, 0.717) is 12.8 Å². The Morgan fingerprint density at radius 2 is 2.25 bits per heavy atom. The monoisotopic (exact) mass is 247 g/mol. The fourth-order valence-electron chi connectivity index (χ4n) is 1.23. The number of aliphatic hydroxyl groups excluding tert-OH is 1. The van der Waals surface area contributed by atoms with Gasteiger partial charge in [0.1, 0.15) is 0 Å². The first-order valence-corrected chi connectivity index (χ1v) is 6.75. The quantitative estimate of drug-likeness (QED) is 0.643. The van der Waals surface area contributed by atoms with Crippen molar-refractivity contribution in [2.24, 2.45) is 7.05 Å². The summed E-state index contributed by atoms with van der Waals surface area (Å²) in [7, 11) is -1.49. The lowest BCUT2D eigenvalue weighted by atomic mass is 10.4. The van der Waals surface area contributed by atoms with Gasteiger partial charge >= 0.3 is 0 Å². The number of aliphatic hydroxyl groups is 1. The summed E-state index contributed by atoms with van der Waals surface area (Å²) in [6.45, 7) is 0.273. The van der Waals surface area contributed by atoms with E-state index in [4.69, 9.17) is 5.11 Å². The minimum Gasteiger partial charge on any atom is -0.396 e. The van der Waals surface area contributed by atoms with E-state index in [-0.39, 0.29) is 18.9 Å². The van der Waals surface area contributed by atoms with Crippen molar-refractivity contribution in [3.8, 4) is 0 Å². The van der Waals surface area contributed by atoms with Crippen LogP contribution in [0.5, 0.6) is 0 Å². The second-order valence-electron chi connectivity index (χ2n) is 3.52. The molecule has 1 heterocycles. The number of nitrogens with zero attached hydrogens (tertiary/aromatic N) is 2. The molecule has 0 aliphatic rings. The van der Waals surface area contributed by atoms with Gasteiger partial charge in [0.2, 0.25) is 10.0 Å². The molecule has 0 aromatic carbocycles. The lowest BCUT2D eigenvalue weighted by Crippen LogP contribution is -2.27. The van der Waals surface area contributed by atoms with Crippen LogP contribution in [0.2, 0.25) is 0 Å². The van der Waals surface area contributed by atoms with Gasteiger partial charge in [-0.2, -0.15) is 5.10 Å². The van der Waals surface area contributed by atoms with Crippen molar-refractivity contribution in [3.63, 3.8) is 0 Å². The van der Waals surface area contributed by atoms with Crippen LogP contribution in [0, 0.1) is 0 Å². The maximum Gasteiger partial charge on any atom is 0.211 e. The van der Waals surface area contributed by atoms with Crippen molar-refractivity contribution in [1.82, 2.24) is 14.5 Å². The second-order valence-corrected chi connectivity index (χ2v) is 5.44. The second kappa shape index (κ2) is 5.97. The Balaban J connectivity index is 2.39. The number of aryl methyl sites for hydroxylation is 1. The number of hydrogen-bond donors (Lipinski definition) is 2. The van der Waals surface area contributed by atoms with E-state index in [2.05, 4.69) is 9.82 Å². The Hall–Kier alpha value is -0.920. The molecule has 0 spiro atoms. The zero-order valence-electron chi connectivity index (χ0n) is 9.26. The molecule has 0 aliphatic carbocycles. The summed E-state index contributed by atoms with van der Waals surface area (Å²) in [6.07, 6.45) is 2.60. The minimum absolute atomic E-state index is 0.0251. The summed E-state index contributed by atoms with van der Waals surface area (Å²) in [5.74, 6) is 0.0470. The van der Waals surface area contributed by atoms with E-state index in [0.717, 1.165) is 5.69 Å². The maximum absolute atomic E-state index is 11.5. The minimum atomic E-state index is -3.25. The molecule has 92 valence electrons. The molecule has 0 atom stereocenters. The molecule has 16 heavy (non-hydrogen) atoms. The normalized spacial score (nSPS) is 11.9. The first-order valence-electron chi connectivity index (χ1n) is 5.10. The third-order valence-corrected chi connectivity index (χ3v) is 3.63. The Morgan fingerprint density at radius 3 is 2.81 bits per heavy atom. The van der Waals surface area contributed by atoms with Gasteiger partial charge in [0, 0.05) is 19.9 Å². The van der Waals surface area contributed by atoms with E-state index in [1.54, 1.807) is 24.0 Å². The average Bonchev–Trinajstić information content (AvgIpc) is 2.62. The third-order valence-electron chi connectivity index (χ3n) is 2.22. The molecule has 0 saturated heterocycles. The predicted octanol–water partition coefficient (Wildman–Crippen LogP) is -0.388. The van der Waals surface area contributed by atoms with E-state index >= 15 is 0 Å². The van der Waals surface area contributed by atoms with E-state index in [1.165, 1.54) is 0 Å². The van der Waals surface area contributed by atoms with Gasteiger partial charge in [-0.05, 0) is 18.9 Å². The van der Waals surface area contributed by atoms with Crippen molar-refractivity contribution in [2.45, 2.75) is 19.4 Å². The van der Waals surface area contributed by atoms with Gasteiger partial charge in [-0.1, -0.05) is 0 Å². The molecule has 0 aliphatic heterocycles. The fraction of sp³-hybridized carbons (Fsp3) is 0.667. The number of aromatic nitrogens is 2. The zero-order chi connectivity index (χ0) is 12.0. The molecule has 0 unspecified atom stereocenters. The van der Waals surface area contributed by atoms with Crippen molar-refractivity contribution in [1.29, 1.82) is 0 Å². The highest BCUT2D eigenvalue weighted by Crippen LogP contribution is 1.99. The van der Waals surface area contributed by atoms with Crippen LogP contribution in [-0.4, -0.2) is 35.7 Å². The van der Waals surface area contributed by atoms with Gasteiger partial charge in [0.25, 0.3) is 0 Å². The van der Waals surface area contributed by atoms with Crippen molar-refractivity contribution in [3.05, 3.63) is 18.0 Å². The molecule has 0 radical (unpaired) electrons. The van der Waals surface area contributed by atoms with Crippen LogP contribution in [0.25, 0.3) is 0 Å². The molecule has 6 nitrogen and oxygen atoms in total. The van der Waals surface area contributed by atoms with Crippen molar-refractivity contribution < 1.29 is 13.5 Å². The molecular weight excluding hydrogens is 230 g/mol. The molecule has 0 saturated carbocycles. The molecule has 2 N–H and O–H groups in total. The van der Waals surface area contributed by atoms with Crippen LogP contribution in [0.1, 0.15) is 18.5 Å². The highest BCUT2D eigenvalue weighted by atomic mass is 32.2. The maximum atomic E-state index is 11.5. The molecule has 1 aromatic heterocycles. The number of unbranched alkanes of at least 4 members (excludes halogenated alkanes) is 1. The molecule has 1 aromatic rings. The van der Waals surface area contributed by atoms with Crippen LogP contribution in [0.3, 0.4) is 0 Å². The van der Waals surface area contributed by atoms with Gasteiger partial charge in [0.15, 0.2) is 0 Å². The molecule has 0 amide bonds. The highest BCUT2D eigenvalue weighted by Gasteiger charge is 2.10. The van der Waals surface area contributed by atoms with Crippen LogP contribution in [0.15, 0.2) is 12.3 Å². The zero-order valence-corrected chi connectivity index (χ0v) is 10.1. The molecule has 0 bridgehead atoms. The summed E-state index contributed by atoms with van der Waals surface area (Å²) < 4.78 is 27.1. The van der Waals surface area contributed by atoms with Crippen LogP contribution >= 0.6 is 0 Å². The van der Waals surface area contributed by atoms with E-state index < -0.39 is 10.0 Å². The Morgan fingerprint density at radius 1 is 1.50 bits per heavy atom. The smallest absolute Gasteiger partial charge is 0.211 e. The third kappa shape index (κ3) is 4.30. The lowest BCUT2D eigenvalue weighted by Gasteiger charge is -2.06. The lowest BCUT2D eigenvalue weighted by molar-refractivity contribution is 0.287. The topological polar surface area (TPSA) is 84.2 Å². The highest BCUT2D eigenvalue weighted by molar-refractivity contribution is 7.89. The van der Waals surface area contributed by atoms with Crippen molar-refractivity contribution >= 4 is 10.0 Å². The summed E-state index contributed by atoms with van der Waals surface area (Å²) >= 11 is 0. The number of rotatable bonds is 7. The Labute approximate surface area is 95.3 Å². The van der Waals surface area contributed by atoms with Gasteiger partial charge in [-0.3, -0.25) is 4.68 Å². The van der Waals surface area contributed by atoms with Gasteiger partial charge < -0.3 is 5.11 Å². The molecular formula is C9H17N3O3S. The predicted molar refractivity (Wildman–Crippen MR) is 60.2 cm³/mol. The summed E-state index contributed by atoms with van der Waals surface area (Å²) in [5, 5.41) is 12.5. The Kier molecular flexibility index (Phi) is 4.91.